The summed E-state index contributed by atoms with van der Waals surface area (Å²) in [5, 5.41) is 0.857. The minimum atomic E-state index is -0.746. The molecule has 190 valence electrons. The number of para-hydroxylation sites is 1. The van der Waals surface area contributed by atoms with Crippen LogP contribution in [0.15, 0.2) is 78.9 Å². The second-order valence-corrected chi connectivity index (χ2v) is 9.48. The quantitative estimate of drug-likeness (QED) is 0.322. The number of carbonyl (C=O) groups is 2. The Labute approximate surface area is 217 Å². The fourth-order valence-corrected chi connectivity index (χ4v) is 5.59. The van der Waals surface area contributed by atoms with E-state index in [0.717, 1.165) is 27.8 Å². The number of carbonyl (C=O) groups excluding carboxylic acids is 2. The van der Waals surface area contributed by atoms with E-state index in [1.807, 2.05) is 97.6 Å². The molecule has 2 heterocycles. The van der Waals surface area contributed by atoms with Gasteiger partial charge in [0.05, 0.1) is 30.2 Å². The standard InChI is InChI=1S/C31H32N2O4/c1-4-37-30(35)31(23-11-7-5-8-12-23)17-19-32(20-18-31)29(34)28-22(2)33(24-13-9-6-10-14-24)27-16-15-25(36-3)21-26(27)28/h5-16,21H,4,17-20H2,1-3H3. The summed E-state index contributed by atoms with van der Waals surface area (Å²) in [5.41, 5.74) is 3.70. The van der Waals surface area contributed by atoms with Crippen molar-refractivity contribution in [3.63, 3.8) is 0 Å². The molecule has 0 bridgehead atoms. The average Bonchev–Trinajstić information content (AvgIpc) is 3.24. The van der Waals surface area contributed by atoms with Crippen molar-refractivity contribution in [1.82, 2.24) is 9.47 Å². The summed E-state index contributed by atoms with van der Waals surface area (Å²) >= 11 is 0. The monoisotopic (exact) mass is 496 g/mol. The second-order valence-electron chi connectivity index (χ2n) is 9.48. The molecule has 0 radical (unpaired) electrons. The molecule has 1 amide bonds. The van der Waals surface area contributed by atoms with Gasteiger partial charge in [0.25, 0.3) is 5.91 Å². The summed E-state index contributed by atoms with van der Waals surface area (Å²) in [6.07, 6.45) is 1.03. The Morgan fingerprint density at radius 1 is 0.919 bits per heavy atom. The van der Waals surface area contributed by atoms with Gasteiger partial charge in [-0.25, -0.2) is 0 Å². The number of methoxy groups -OCH3 is 1. The lowest BCUT2D eigenvalue weighted by molar-refractivity contribution is -0.152. The van der Waals surface area contributed by atoms with E-state index in [9.17, 15) is 9.59 Å². The van der Waals surface area contributed by atoms with E-state index in [2.05, 4.69) is 4.57 Å². The Bertz CT molecular complexity index is 1420. The number of hydrogen-bond acceptors (Lipinski definition) is 4. The zero-order chi connectivity index (χ0) is 26.0. The molecule has 0 N–H and O–H groups in total. The van der Waals surface area contributed by atoms with Gasteiger partial charge in [-0.3, -0.25) is 9.59 Å². The molecule has 1 aromatic heterocycles. The van der Waals surface area contributed by atoms with E-state index < -0.39 is 5.41 Å². The number of likely N-dealkylation sites (tertiary alicyclic amines) is 1. The molecular formula is C31H32N2O4. The number of benzene rings is 3. The number of piperidine rings is 1. The molecule has 5 rings (SSSR count). The Balaban J connectivity index is 1.52. The van der Waals surface area contributed by atoms with Gasteiger partial charge in [-0.1, -0.05) is 48.5 Å². The van der Waals surface area contributed by atoms with Crippen LogP contribution >= 0.6 is 0 Å². The third-order valence-electron chi connectivity index (χ3n) is 7.54. The SMILES string of the molecule is CCOC(=O)C1(c2ccccc2)CCN(C(=O)c2c(C)n(-c3ccccc3)c3ccc(OC)cc23)CC1. The number of nitrogens with zero attached hydrogens (tertiary/aromatic N) is 2. The van der Waals surface area contributed by atoms with Gasteiger partial charge < -0.3 is 18.9 Å². The number of esters is 1. The normalized spacial score (nSPS) is 14.9. The molecule has 6 nitrogen and oxygen atoms in total. The Morgan fingerprint density at radius 3 is 2.19 bits per heavy atom. The number of ether oxygens (including phenoxy) is 2. The second kappa shape index (κ2) is 10.1. The van der Waals surface area contributed by atoms with Gasteiger partial charge in [-0.2, -0.15) is 0 Å². The molecule has 0 spiro atoms. The summed E-state index contributed by atoms with van der Waals surface area (Å²) in [6.45, 7) is 5.08. The van der Waals surface area contributed by atoms with Crippen LogP contribution in [0.4, 0.5) is 0 Å². The molecule has 1 fully saturated rings. The molecule has 0 atom stereocenters. The fraction of sp³-hybridized carbons (Fsp3) is 0.290. The molecule has 37 heavy (non-hydrogen) atoms. The van der Waals surface area contributed by atoms with Gasteiger partial charge in [0, 0.05) is 29.9 Å². The van der Waals surface area contributed by atoms with Crippen molar-refractivity contribution in [3.05, 3.63) is 95.7 Å². The molecule has 0 unspecified atom stereocenters. The van der Waals surface area contributed by atoms with E-state index >= 15 is 0 Å². The van der Waals surface area contributed by atoms with Crippen LogP contribution in [0.5, 0.6) is 5.75 Å². The molecule has 4 aromatic rings. The van der Waals surface area contributed by atoms with Crippen LogP contribution in [0.3, 0.4) is 0 Å². The summed E-state index contributed by atoms with van der Waals surface area (Å²) in [7, 11) is 1.63. The molecule has 0 saturated carbocycles. The molecule has 0 aliphatic carbocycles. The van der Waals surface area contributed by atoms with E-state index in [1.165, 1.54) is 0 Å². The molecular weight excluding hydrogens is 464 g/mol. The van der Waals surface area contributed by atoms with Crippen LogP contribution in [0.2, 0.25) is 0 Å². The molecule has 1 aliphatic heterocycles. The lowest BCUT2D eigenvalue weighted by Crippen LogP contribution is -2.49. The van der Waals surface area contributed by atoms with Crippen LogP contribution < -0.4 is 4.74 Å². The van der Waals surface area contributed by atoms with Gasteiger partial charge in [-0.15, -0.1) is 0 Å². The third kappa shape index (κ3) is 4.26. The van der Waals surface area contributed by atoms with Crippen LogP contribution in [0.1, 0.15) is 41.4 Å². The minimum absolute atomic E-state index is 0.0315. The van der Waals surface area contributed by atoms with Crippen LogP contribution in [0, 0.1) is 6.92 Å². The molecule has 1 aliphatic rings. The summed E-state index contributed by atoms with van der Waals surface area (Å²) in [4.78, 5) is 29.1. The van der Waals surface area contributed by atoms with Crippen LogP contribution in [-0.4, -0.2) is 48.1 Å². The van der Waals surface area contributed by atoms with Gasteiger partial charge in [0.15, 0.2) is 0 Å². The fourth-order valence-electron chi connectivity index (χ4n) is 5.59. The van der Waals surface area contributed by atoms with Crippen molar-refractivity contribution in [2.24, 2.45) is 0 Å². The predicted octanol–water partition coefficient (Wildman–Crippen LogP) is 5.68. The minimum Gasteiger partial charge on any atom is -0.497 e. The summed E-state index contributed by atoms with van der Waals surface area (Å²) in [6, 6.07) is 25.7. The number of hydrogen-bond donors (Lipinski definition) is 0. The maximum Gasteiger partial charge on any atom is 0.316 e. The summed E-state index contributed by atoms with van der Waals surface area (Å²) < 4.78 is 13.1. The highest BCUT2D eigenvalue weighted by molar-refractivity contribution is 6.09. The van der Waals surface area contributed by atoms with E-state index in [-0.39, 0.29) is 11.9 Å². The zero-order valence-corrected chi connectivity index (χ0v) is 21.6. The largest absolute Gasteiger partial charge is 0.497 e. The highest BCUT2D eigenvalue weighted by Gasteiger charge is 2.45. The third-order valence-corrected chi connectivity index (χ3v) is 7.54. The molecule has 6 heteroatoms. The van der Waals surface area contributed by atoms with E-state index in [0.29, 0.717) is 43.9 Å². The Hall–Kier alpha value is -4.06. The van der Waals surface area contributed by atoms with E-state index in [4.69, 9.17) is 9.47 Å². The van der Waals surface area contributed by atoms with Gasteiger partial charge in [0.1, 0.15) is 5.75 Å². The highest BCUT2D eigenvalue weighted by atomic mass is 16.5. The number of fused-ring (bicyclic) bond motifs is 1. The zero-order valence-electron chi connectivity index (χ0n) is 21.6. The van der Waals surface area contributed by atoms with Crippen LogP contribution in [-0.2, 0) is 14.9 Å². The maximum atomic E-state index is 14.1. The number of rotatable bonds is 6. The van der Waals surface area contributed by atoms with Gasteiger partial charge in [0.2, 0.25) is 0 Å². The maximum absolute atomic E-state index is 14.1. The lowest BCUT2D eigenvalue weighted by atomic mass is 9.72. The Morgan fingerprint density at radius 2 is 1.57 bits per heavy atom. The smallest absolute Gasteiger partial charge is 0.316 e. The van der Waals surface area contributed by atoms with Crippen molar-refractivity contribution in [2.75, 3.05) is 26.8 Å². The van der Waals surface area contributed by atoms with Crippen molar-refractivity contribution in [1.29, 1.82) is 0 Å². The van der Waals surface area contributed by atoms with Crippen LogP contribution in [0.25, 0.3) is 16.6 Å². The molecule has 1 saturated heterocycles. The van der Waals surface area contributed by atoms with Crippen molar-refractivity contribution in [3.8, 4) is 11.4 Å². The number of amides is 1. The van der Waals surface area contributed by atoms with Crippen molar-refractivity contribution < 1.29 is 19.1 Å². The van der Waals surface area contributed by atoms with Gasteiger partial charge >= 0.3 is 5.97 Å². The highest BCUT2D eigenvalue weighted by Crippen LogP contribution is 2.39. The topological polar surface area (TPSA) is 60.8 Å². The Kier molecular flexibility index (Phi) is 6.74. The van der Waals surface area contributed by atoms with Crippen molar-refractivity contribution >= 4 is 22.8 Å². The first-order valence-electron chi connectivity index (χ1n) is 12.8. The lowest BCUT2D eigenvalue weighted by Gasteiger charge is -2.40. The first-order chi connectivity index (χ1) is 18.0. The van der Waals surface area contributed by atoms with E-state index in [1.54, 1.807) is 7.11 Å². The first-order valence-corrected chi connectivity index (χ1v) is 12.8. The number of aromatic nitrogens is 1. The summed E-state index contributed by atoms with van der Waals surface area (Å²) in [5.74, 6) is 0.460. The van der Waals surface area contributed by atoms with Crippen molar-refractivity contribution in [2.45, 2.75) is 32.1 Å². The molecule has 3 aromatic carbocycles. The average molecular weight is 497 g/mol. The van der Waals surface area contributed by atoms with Gasteiger partial charge in [-0.05, 0) is 62.6 Å². The first kappa shape index (κ1) is 24.6. The predicted molar refractivity (Wildman–Crippen MR) is 144 cm³/mol.